The molecule has 1 heterocycles. The Balaban J connectivity index is 1.89. The third-order valence-corrected chi connectivity index (χ3v) is 5.06. The Kier molecular flexibility index (Phi) is 4.94. The van der Waals surface area contributed by atoms with E-state index in [0.717, 1.165) is 16.7 Å². The van der Waals surface area contributed by atoms with Crippen LogP contribution >= 0.6 is 35.0 Å². The summed E-state index contributed by atoms with van der Waals surface area (Å²) >= 11 is 12.9. The van der Waals surface area contributed by atoms with Gasteiger partial charge in [-0.25, -0.2) is 4.39 Å². The fourth-order valence-corrected chi connectivity index (χ4v) is 3.56. The van der Waals surface area contributed by atoms with Crippen LogP contribution in [0.25, 0.3) is 6.08 Å². The number of nitrogens with zero attached hydrogens (tertiary/aromatic N) is 1. The molecular weight excluding hydrogens is 372 g/mol. The van der Waals surface area contributed by atoms with Crippen LogP contribution < -0.4 is 0 Å². The Morgan fingerprint density at radius 2 is 1.71 bits per heavy atom. The van der Waals surface area contributed by atoms with E-state index in [1.54, 1.807) is 30.3 Å². The lowest BCUT2D eigenvalue weighted by Gasteiger charge is -2.14. The molecule has 0 aromatic heterocycles. The molecule has 24 heavy (non-hydrogen) atoms. The maximum atomic E-state index is 13.7. The van der Waals surface area contributed by atoms with E-state index in [-0.39, 0.29) is 17.0 Å². The van der Waals surface area contributed by atoms with Crippen molar-refractivity contribution in [3.8, 4) is 0 Å². The van der Waals surface area contributed by atoms with Gasteiger partial charge in [0.2, 0.25) is 0 Å². The fraction of sp³-hybridized carbons (Fsp3) is 0.0588. The van der Waals surface area contributed by atoms with Crippen LogP contribution in [-0.2, 0) is 11.3 Å². The molecular formula is C17H10Cl2FNO2S. The third kappa shape index (κ3) is 3.34. The van der Waals surface area contributed by atoms with Gasteiger partial charge in [0.1, 0.15) is 5.82 Å². The summed E-state index contributed by atoms with van der Waals surface area (Å²) in [6.45, 7) is -0.0300. The van der Waals surface area contributed by atoms with Crippen molar-refractivity contribution in [1.82, 2.24) is 4.90 Å². The van der Waals surface area contributed by atoms with Crippen molar-refractivity contribution in [2.24, 2.45) is 0 Å². The third-order valence-electron chi connectivity index (χ3n) is 3.44. The van der Waals surface area contributed by atoms with Crippen molar-refractivity contribution in [3.63, 3.8) is 0 Å². The highest BCUT2D eigenvalue weighted by Crippen LogP contribution is 2.35. The van der Waals surface area contributed by atoms with E-state index in [9.17, 15) is 14.0 Å². The number of carbonyl (C=O) groups is 2. The zero-order valence-corrected chi connectivity index (χ0v) is 14.5. The topological polar surface area (TPSA) is 37.4 Å². The summed E-state index contributed by atoms with van der Waals surface area (Å²) in [6.07, 6.45) is 1.37. The first kappa shape index (κ1) is 17.0. The quantitative estimate of drug-likeness (QED) is 0.670. The minimum Gasteiger partial charge on any atom is -0.268 e. The summed E-state index contributed by atoms with van der Waals surface area (Å²) < 4.78 is 13.7. The van der Waals surface area contributed by atoms with E-state index in [1.807, 2.05) is 0 Å². The monoisotopic (exact) mass is 381 g/mol. The van der Waals surface area contributed by atoms with Crippen LogP contribution in [0.4, 0.5) is 9.18 Å². The standard InChI is InChI=1S/C17H10Cl2FNO2S/c18-12-5-3-6-13(19)11(12)9-21-16(22)15(24-17(21)23)8-10-4-1-2-7-14(10)20/h1-8H,9H2/b15-8-. The van der Waals surface area contributed by atoms with E-state index in [1.165, 1.54) is 18.2 Å². The minimum absolute atomic E-state index is 0.0300. The number of benzene rings is 2. The van der Waals surface area contributed by atoms with Crippen LogP contribution in [0.2, 0.25) is 10.0 Å². The number of hydrogen-bond acceptors (Lipinski definition) is 3. The lowest BCUT2D eigenvalue weighted by Crippen LogP contribution is -2.27. The van der Waals surface area contributed by atoms with Crippen molar-refractivity contribution < 1.29 is 14.0 Å². The van der Waals surface area contributed by atoms with Crippen LogP contribution in [0.5, 0.6) is 0 Å². The summed E-state index contributed by atoms with van der Waals surface area (Å²) in [5, 5.41) is 0.304. The summed E-state index contributed by atoms with van der Waals surface area (Å²) in [5.41, 5.74) is 0.744. The van der Waals surface area contributed by atoms with Crippen molar-refractivity contribution in [1.29, 1.82) is 0 Å². The number of halogens is 3. The van der Waals surface area contributed by atoms with Crippen LogP contribution in [0.15, 0.2) is 47.4 Å². The molecule has 0 spiro atoms. The molecule has 0 aliphatic carbocycles. The number of imide groups is 1. The van der Waals surface area contributed by atoms with Gasteiger partial charge in [-0.3, -0.25) is 14.5 Å². The Morgan fingerprint density at radius 3 is 2.38 bits per heavy atom. The normalized spacial score (nSPS) is 16.3. The molecule has 0 atom stereocenters. The molecule has 122 valence electrons. The highest BCUT2D eigenvalue weighted by atomic mass is 35.5. The van der Waals surface area contributed by atoms with Gasteiger partial charge in [0, 0.05) is 21.2 Å². The predicted octanol–water partition coefficient (Wildman–Crippen LogP) is 5.37. The Labute approximate surface area is 152 Å². The van der Waals surface area contributed by atoms with Gasteiger partial charge in [-0.2, -0.15) is 0 Å². The van der Waals surface area contributed by atoms with Crippen LogP contribution in [0.3, 0.4) is 0 Å². The molecule has 1 saturated heterocycles. The molecule has 7 heteroatoms. The SMILES string of the molecule is O=C1S/C(=C\c2ccccc2F)C(=O)N1Cc1c(Cl)cccc1Cl. The fourth-order valence-electron chi connectivity index (χ4n) is 2.21. The zero-order valence-electron chi connectivity index (χ0n) is 12.1. The van der Waals surface area contributed by atoms with E-state index >= 15 is 0 Å². The first-order chi connectivity index (χ1) is 11.5. The van der Waals surface area contributed by atoms with Crippen LogP contribution in [0, 0.1) is 5.82 Å². The Bertz CT molecular complexity index is 849. The molecule has 2 aromatic carbocycles. The van der Waals surface area contributed by atoms with Crippen LogP contribution in [0.1, 0.15) is 11.1 Å². The van der Waals surface area contributed by atoms with Gasteiger partial charge in [-0.15, -0.1) is 0 Å². The largest absolute Gasteiger partial charge is 0.293 e. The summed E-state index contributed by atoms with van der Waals surface area (Å²) in [6, 6.07) is 11.0. The van der Waals surface area contributed by atoms with Gasteiger partial charge in [0.05, 0.1) is 11.4 Å². The highest BCUT2D eigenvalue weighted by Gasteiger charge is 2.35. The zero-order chi connectivity index (χ0) is 17.3. The maximum absolute atomic E-state index is 13.7. The summed E-state index contributed by atoms with van der Waals surface area (Å²) in [5.74, 6) is -0.956. The van der Waals surface area contributed by atoms with Gasteiger partial charge in [0.15, 0.2) is 0 Å². The minimum atomic E-state index is -0.496. The van der Waals surface area contributed by atoms with E-state index in [4.69, 9.17) is 23.2 Å². The lowest BCUT2D eigenvalue weighted by molar-refractivity contribution is -0.123. The van der Waals surface area contributed by atoms with Crippen molar-refractivity contribution in [3.05, 3.63) is 74.4 Å². The molecule has 0 N–H and O–H groups in total. The number of hydrogen-bond donors (Lipinski definition) is 0. The number of thioether (sulfide) groups is 1. The molecule has 1 fully saturated rings. The number of carbonyl (C=O) groups excluding carboxylic acids is 2. The molecule has 0 unspecified atom stereocenters. The predicted molar refractivity (Wildman–Crippen MR) is 94.4 cm³/mol. The Morgan fingerprint density at radius 1 is 1.04 bits per heavy atom. The number of rotatable bonds is 3. The second kappa shape index (κ2) is 6.97. The maximum Gasteiger partial charge on any atom is 0.293 e. The first-order valence-corrected chi connectivity index (χ1v) is 8.47. The van der Waals surface area contributed by atoms with Crippen molar-refractivity contribution in [2.75, 3.05) is 0 Å². The van der Waals surface area contributed by atoms with E-state index in [2.05, 4.69) is 0 Å². The molecule has 1 aliphatic rings. The van der Waals surface area contributed by atoms with Crippen molar-refractivity contribution >= 4 is 52.2 Å². The average Bonchev–Trinajstić information content (AvgIpc) is 2.80. The summed E-state index contributed by atoms with van der Waals surface area (Å²) in [4.78, 5) is 25.8. The number of amides is 2. The highest BCUT2D eigenvalue weighted by molar-refractivity contribution is 8.18. The first-order valence-electron chi connectivity index (χ1n) is 6.90. The van der Waals surface area contributed by atoms with Gasteiger partial charge < -0.3 is 0 Å². The second-order valence-corrected chi connectivity index (χ2v) is 6.80. The second-order valence-electron chi connectivity index (χ2n) is 4.99. The molecule has 2 amide bonds. The van der Waals surface area contributed by atoms with Gasteiger partial charge >= 0.3 is 0 Å². The Hall–Kier alpha value is -1.82. The molecule has 1 aliphatic heterocycles. The van der Waals surface area contributed by atoms with E-state index in [0.29, 0.717) is 15.6 Å². The van der Waals surface area contributed by atoms with Crippen molar-refractivity contribution in [2.45, 2.75) is 6.54 Å². The molecule has 2 aromatic rings. The lowest BCUT2D eigenvalue weighted by atomic mass is 10.2. The molecule has 3 nitrogen and oxygen atoms in total. The molecule has 0 saturated carbocycles. The smallest absolute Gasteiger partial charge is 0.268 e. The van der Waals surface area contributed by atoms with Gasteiger partial charge in [-0.1, -0.05) is 47.5 Å². The van der Waals surface area contributed by atoms with Gasteiger partial charge in [-0.05, 0) is 36.0 Å². The molecule has 0 radical (unpaired) electrons. The van der Waals surface area contributed by atoms with Gasteiger partial charge in [0.25, 0.3) is 11.1 Å². The molecule has 0 bridgehead atoms. The summed E-state index contributed by atoms with van der Waals surface area (Å²) in [7, 11) is 0. The van der Waals surface area contributed by atoms with E-state index < -0.39 is 17.0 Å². The average molecular weight is 382 g/mol. The molecule has 3 rings (SSSR count). The van der Waals surface area contributed by atoms with Crippen LogP contribution in [-0.4, -0.2) is 16.0 Å².